The van der Waals surface area contributed by atoms with Gasteiger partial charge in [-0.15, -0.1) is 0 Å². The second-order valence-electron chi connectivity index (χ2n) is 6.92. The number of nitriles is 1. The number of benzene rings is 4. The molecule has 0 atom stereocenters. The SMILES string of the molecule is N#Cc1c(F)c(F)c(C#Cc2ccc(N(c3ccccc3)c3ccccc3)cc2)c(F)c1F. The second-order valence-corrected chi connectivity index (χ2v) is 6.92. The quantitative estimate of drug-likeness (QED) is 0.194. The molecule has 0 N–H and O–H groups in total. The van der Waals surface area contributed by atoms with Gasteiger partial charge in [-0.3, -0.25) is 0 Å². The second kappa shape index (κ2) is 9.30. The molecule has 0 amide bonds. The lowest BCUT2D eigenvalue weighted by molar-refractivity contribution is 0.447. The molecule has 0 heterocycles. The van der Waals surface area contributed by atoms with Crippen LogP contribution in [0.15, 0.2) is 84.9 Å². The third-order valence-electron chi connectivity index (χ3n) is 4.86. The summed E-state index contributed by atoms with van der Waals surface area (Å²) in [5.41, 5.74) is 0.657. The predicted octanol–water partition coefficient (Wildman–Crippen LogP) is 6.98. The van der Waals surface area contributed by atoms with E-state index in [-0.39, 0.29) is 0 Å². The van der Waals surface area contributed by atoms with Crippen molar-refractivity contribution in [2.75, 3.05) is 4.90 Å². The summed E-state index contributed by atoms with van der Waals surface area (Å²) in [6.07, 6.45) is 0. The number of halogens is 4. The van der Waals surface area contributed by atoms with Gasteiger partial charge in [0, 0.05) is 22.6 Å². The highest BCUT2D eigenvalue weighted by Gasteiger charge is 2.24. The predicted molar refractivity (Wildman–Crippen MR) is 118 cm³/mol. The van der Waals surface area contributed by atoms with Gasteiger partial charge in [0.25, 0.3) is 0 Å². The van der Waals surface area contributed by atoms with Crippen molar-refractivity contribution in [1.82, 2.24) is 0 Å². The van der Waals surface area contributed by atoms with Crippen LogP contribution in [0.2, 0.25) is 0 Å². The molecule has 0 aliphatic heterocycles. The zero-order valence-electron chi connectivity index (χ0n) is 17.0. The molecule has 0 aliphatic carbocycles. The molecule has 2 nitrogen and oxygen atoms in total. The number of anilines is 3. The van der Waals surface area contributed by atoms with Crippen LogP contribution < -0.4 is 4.90 Å². The summed E-state index contributed by atoms with van der Waals surface area (Å²) in [6.45, 7) is 0. The monoisotopic (exact) mass is 442 g/mol. The molecule has 0 spiro atoms. The van der Waals surface area contributed by atoms with Gasteiger partial charge < -0.3 is 4.90 Å². The maximum atomic E-state index is 14.1. The van der Waals surface area contributed by atoms with Crippen LogP contribution in [0.4, 0.5) is 34.6 Å². The first kappa shape index (κ1) is 21.7. The first-order valence-electron chi connectivity index (χ1n) is 9.79. The van der Waals surface area contributed by atoms with Crippen molar-refractivity contribution in [2.45, 2.75) is 0 Å². The van der Waals surface area contributed by atoms with Crippen LogP contribution in [0.1, 0.15) is 16.7 Å². The van der Waals surface area contributed by atoms with Gasteiger partial charge in [-0.1, -0.05) is 48.2 Å². The third kappa shape index (κ3) is 4.28. The van der Waals surface area contributed by atoms with E-state index in [0.29, 0.717) is 5.56 Å². The van der Waals surface area contributed by atoms with E-state index in [9.17, 15) is 17.6 Å². The maximum Gasteiger partial charge on any atom is 0.181 e. The molecule has 0 radical (unpaired) electrons. The van der Waals surface area contributed by atoms with Gasteiger partial charge in [-0.2, -0.15) is 5.26 Å². The molecule has 4 rings (SSSR count). The molecular formula is C27H14F4N2. The number of para-hydroxylation sites is 2. The smallest absolute Gasteiger partial charge is 0.181 e. The van der Waals surface area contributed by atoms with E-state index >= 15 is 0 Å². The lowest BCUT2D eigenvalue weighted by Gasteiger charge is -2.25. The van der Waals surface area contributed by atoms with Crippen LogP contribution >= 0.6 is 0 Å². The molecule has 0 fully saturated rings. The van der Waals surface area contributed by atoms with Gasteiger partial charge in [0.2, 0.25) is 0 Å². The van der Waals surface area contributed by atoms with Crippen molar-refractivity contribution in [3.8, 4) is 17.9 Å². The van der Waals surface area contributed by atoms with E-state index in [4.69, 9.17) is 5.26 Å². The minimum Gasteiger partial charge on any atom is -0.311 e. The van der Waals surface area contributed by atoms with Gasteiger partial charge >= 0.3 is 0 Å². The van der Waals surface area contributed by atoms with E-state index in [2.05, 4.69) is 11.8 Å². The van der Waals surface area contributed by atoms with Crippen LogP contribution in [0.5, 0.6) is 0 Å². The first-order valence-corrected chi connectivity index (χ1v) is 9.79. The zero-order chi connectivity index (χ0) is 23.4. The Balaban J connectivity index is 1.71. The highest BCUT2D eigenvalue weighted by molar-refractivity contribution is 5.76. The lowest BCUT2D eigenvalue weighted by atomic mass is 10.1. The van der Waals surface area contributed by atoms with E-state index in [1.807, 2.05) is 65.6 Å². The van der Waals surface area contributed by atoms with Gasteiger partial charge in [-0.05, 0) is 48.5 Å². The number of hydrogen-bond donors (Lipinski definition) is 0. The highest BCUT2D eigenvalue weighted by Crippen LogP contribution is 2.34. The average Bonchev–Trinajstić information content (AvgIpc) is 2.86. The van der Waals surface area contributed by atoms with Gasteiger partial charge in [0.15, 0.2) is 23.3 Å². The Kier molecular flexibility index (Phi) is 6.11. The van der Waals surface area contributed by atoms with Crippen LogP contribution in [-0.4, -0.2) is 0 Å². The Hall–Kier alpha value is -4.55. The van der Waals surface area contributed by atoms with E-state index in [1.54, 1.807) is 24.3 Å². The van der Waals surface area contributed by atoms with Gasteiger partial charge in [0.1, 0.15) is 17.2 Å². The minimum absolute atomic E-state index is 0.379. The fourth-order valence-corrected chi connectivity index (χ4v) is 3.27. The Bertz CT molecular complexity index is 1330. The van der Waals surface area contributed by atoms with E-state index < -0.39 is 34.4 Å². The van der Waals surface area contributed by atoms with Crippen molar-refractivity contribution in [1.29, 1.82) is 5.26 Å². The Morgan fingerprint density at radius 1 is 0.515 bits per heavy atom. The molecule has 0 aromatic heterocycles. The number of rotatable bonds is 3. The standard InChI is InChI=1S/C27H14F4N2/c28-24-22(25(29)27(31)23(17-32)26(24)30)16-13-18-11-14-21(15-12-18)33(19-7-3-1-4-8-19)20-9-5-2-6-10-20/h1-12,14-15H. The van der Waals surface area contributed by atoms with Crippen LogP contribution in [-0.2, 0) is 0 Å². The third-order valence-corrected chi connectivity index (χ3v) is 4.86. The van der Waals surface area contributed by atoms with Crippen molar-refractivity contribution >= 4 is 17.1 Å². The largest absolute Gasteiger partial charge is 0.311 e. The zero-order valence-corrected chi connectivity index (χ0v) is 17.0. The fraction of sp³-hybridized carbons (Fsp3) is 0. The summed E-state index contributed by atoms with van der Waals surface area (Å²) in [6, 6.07) is 27.3. The van der Waals surface area contributed by atoms with Crippen molar-refractivity contribution in [3.05, 3.63) is 125 Å². The molecule has 33 heavy (non-hydrogen) atoms. The Morgan fingerprint density at radius 2 is 0.939 bits per heavy atom. The number of hydrogen-bond acceptors (Lipinski definition) is 2. The van der Waals surface area contributed by atoms with E-state index in [0.717, 1.165) is 23.1 Å². The average molecular weight is 442 g/mol. The maximum absolute atomic E-state index is 14.1. The van der Waals surface area contributed by atoms with Crippen molar-refractivity contribution in [3.63, 3.8) is 0 Å². The van der Waals surface area contributed by atoms with Crippen LogP contribution in [0.25, 0.3) is 0 Å². The normalized spacial score (nSPS) is 10.2. The minimum atomic E-state index is -1.77. The van der Waals surface area contributed by atoms with Gasteiger partial charge in [0.05, 0.1) is 0 Å². The van der Waals surface area contributed by atoms with Crippen LogP contribution in [0.3, 0.4) is 0 Å². The summed E-state index contributed by atoms with van der Waals surface area (Å²) in [5.74, 6) is -2.28. The fourth-order valence-electron chi connectivity index (χ4n) is 3.27. The molecule has 0 saturated heterocycles. The van der Waals surface area contributed by atoms with Crippen molar-refractivity contribution in [2.24, 2.45) is 0 Å². The first-order chi connectivity index (χ1) is 16.0. The number of nitrogens with zero attached hydrogens (tertiary/aromatic N) is 2. The molecule has 6 heteroatoms. The topological polar surface area (TPSA) is 27.0 Å². The molecule has 4 aromatic carbocycles. The summed E-state index contributed by atoms with van der Waals surface area (Å²) < 4.78 is 55.8. The summed E-state index contributed by atoms with van der Waals surface area (Å²) in [4.78, 5) is 2.02. The Morgan fingerprint density at radius 3 is 1.39 bits per heavy atom. The summed E-state index contributed by atoms with van der Waals surface area (Å²) >= 11 is 0. The van der Waals surface area contributed by atoms with E-state index in [1.165, 1.54) is 0 Å². The van der Waals surface area contributed by atoms with Crippen molar-refractivity contribution < 1.29 is 17.6 Å². The Labute approximate surface area is 188 Å². The molecule has 0 aliphatic rings. The summed E-state index contributed by atoms with van der Waals surface area (Å²) in [5, 5.41) is 8.68. The molecule has 160 valence electrons. The van der Waals surface area contributed by atoms with Gasteiger partial charge in [-0.25, -0.2) is 17.6 Å². The van der Waals surface area contributed by atoms with Crippen LogP contribution in [0, 0.1) is 46.4 Å². The molecule has 0 bridgehead atoms. The molecular weight excluding hydrogens is 428 g/mol. The molecule has 0 unspecified atom stereocenters. The highest BCUT2D eigenvalue weighted by atomic mass is 19.2. The summed E-state index contributed by atoms with van der Waals surface area (Å²) in [7, 11) is 0. The molecule has 0 saturated carbocycles. The lowest BCUT2D eigenvalue weighted by Crippen LogP contribution is -2.09. The molecule has 4 aromatic rings.